The maximum Gasteiger partial charge on any atom is 0.408 e. The number of rotatable bonds is 3. The van der Waals surface area contributed by atoms with E-state index in [9.17, 15) is 14.4 Å². The minimum atomic E-state index is -0.789. The molecule has 0 radical (unpaired) electrons. The average molecular weight is 576 g/mol. The van der Waals surface area contributed by atoms with Crippen LogP contribution in [-0.2, 0) is 19.1 Å². The molecule has 0 aromatic heterocycles. The van der Waals surface area contributed by atoms with E-state index < -0.39 is 29.4 Å². The van der Waals surface area contributed by atoms with Gasteiger partial charge in [-0.2, -0.15) is 0 Å². The van der Waals surface area contributed by atoms with Crippen molar-refractivity contribution in [1.82, 2.24) is 15.1 Å². The Labute approximate surface area is 241 Å². The lowest BCUT2D eigenvalue weighted by Crippen LogP contribution is -2.58. The highest BCUT2D eigenvalue weighted by atomic mass is 35.5. The van der Waals surface area contributed by atoms with Crippen LogP contribution >= 0.6 is 11.6 Å². The zero-order chi connectivity index (χ0) is 29.0. The summed E-state index contributed by atoms with van der Waals surface area (Å²) in [5.74, 6) is 0.842. The molecule has 1 aromatic rings. The zero-order valence-electron chi connectivity index (χ0n) is 24.4. The van der Waals surface area contributed by atoms with Crippen LogP contribution in [0.25, 0.3) is 0 Å². The largest absolute Gasteiger partial charge is 0.487 e. The number of piperidine rings is 1. The Morgan fingerprint density at radius 2 is 1.93 bits per heavy atom. The fourth-order valence-electron chi connectivity index (χ4n) is 6.77. The molecule has 3 fully saturated rings. The number of hydrogen-bond donors (Lipinski definition) is 1. The van der Waals surface area contributed by atoms with Crippen LogP contribution in [0.1, 0.15) is 78.9 Å². The number of alkyl carbamates (subject to hydrolysis) is 1. The molecule has 0 aliphatic carbocycles. The lowest BCUT2D eigenvalue weighted by molar-refractivity contribution is -0.189. The lowest BCUT2D eigenvalue weighted by atomic mass is 9.70. The summed E-state index contributed by atoms with van der Waals surface area (Å²) in [5, 5.41) is 3.29. The lowest BCUT2D eigenvalue weighted by Gasteiger charge is -2.53. The van der Waals surface area contributed by atoms with E-state index in [-0.39, 0.29) is 35.9 Å². The van der Waals surface area contributed by atoms with Gasteiger partial charge in [-0.15, -0.1) is 0 Å². The minimum Gasteiger partial charge on any atom is -0.487 e. The van der Waals surface area contributed by atoms with Crippen LogP contribution in [0.15, 0.2) is 18.2 Å². The first-order chi connectivity index (χ1) is 18.7. The monoisotopic (exact) mass is 575 g/mol. The first kappa shape index (κ1) is 29.0. The van der Waals surface area contributed by atoms with Crippen molar-refractivity contribution in [3.05, 3.63) is 28.8 Å². The van der Waals surface area contributed by atoms with E-state index in [1.165, 1.54) is 0 Å². The van der Waals surface area contributed by atoms with Crippen LogP contribution < -0.4 is 10.1 Å². The van der Waals surface area contributed by atoms with Crippen LogP contribution in [-0.4, -0.2) is 76.7 Å². The van der Waals surface area contributed by atoms with Crippen molar-refractivity contribution in [3.63, 3.8) is 0 Å². The Bertz CT molecular complexity index is 1170. The second kappa shape index (κ2) is 10.7. The summed E-state index contributed by atoms with van der Waals surface area (Å²) < 4.78 is 18.4. The van der Waals surface area contributed by atoms with Crippen molar-refractivity contribution >= 4 is 29.5 Å². The second-order valence-corrected chi connectivity index (χ2v) is 13.7. The Balaban J connectivity index is 1.24. The van der Waals surface area contributed by atoms with Crippen LogP contribution in [0.2, 0.25) is 5.02 Å². The van der Waals surface area contributed by atoms with E-state index in [0.29, 0.717) is 31.1 Å². The molecule has 3 saturated heterocycles. The molecule has 220 valence electrons. The normalized spacial score (nSPS) is 29.8. The van der Waals surface area contributed by atoms with E-state index >= 15 is 0 Å². The molecule has 9 nitrogen and oxygen atoms in total. The maximum atomic E-state index is 13.8. The molecule has 4 heterocycles. The van der Waals surface area contributed by atoms with Crippen LogP contribution in [0.5, 0.6) is 5.75 Å². The van der Waals surface area contributed by atoms with Gasteiger partial charge in [-0.05, 0) is 85.4 Å². The van der Waals surface area contributed by atoms with Crippen molar-refractivity contribution in [2.45, 2.75) is 103 Å². The summed E-state index contributed by atoms with van der Waals surface area (Å²) in [6.07, 6.45) is 2.30. The van der Waals surface area contributed by atoms with Crippen molar-refractivity contribution in [2.75, 3.05) is 19.6 Å². The molecule has 4 aliphatic heterocycles. The third-order valence-electron chi connectivity index (χ3n) is 8.69. The van der Waals surface area contributed by atoms with Crippen molar-refractivity contribution in [3.8, 4) is 5.75 Å². The molecule has 6 atom stereocenters. The molecule has 1 aromatic carbocycles. The van der Waals surface area contributed by atoms with Gasteiger partial charge in [0.1, 0.15) is 29.0 Å². The molecule has 5 rings (SSSR count). The van der Waals surface area contributed by atoms with Crippen LogP contribution in [0, 0.1) is 11.8 Å². The molecule has 1 unspecified atom stereocenters. The van der Waals surface area contributed by atoms with E-state index in [4.69, 9.17) is 25.8 Å². The van der Waals surface area contributed by atoms with E-state index in [1.807, 2.05) is 23.1 Å². The van der Waals surface area contributed by atoms with E-state index in [0.717, 1.165) is 30.6 Å². The quantitative estimate of drug-likeness (QED) is 0.561. The van der Waals surface area contributed by atoms with E-state index in [2.05, 4.69) is 19.2 Å². The van der Waals surface area contributed by atoms with Crippen LogP contribution in [0.4, 0.5) is 4.79 Å². The summed E-state index contributed by atoms with van der Waals surface area (Å²) in [4.78, 5) is 42.8. The Hall–Kier alpha value is -2.52. The number of carbonyl (C=O) groups excluding carboxylic acids is 3. The number of benzene rings is 1. The van der Waals surface area contributed by atoms with Crippen LogP contribution in [0.3, 0.4) is 0 Å². The molecule has 0 saturated carbocycles. The molecule has 0 spiro atoms. The van der Waals surface area contributed by atoms with Gasteiger partial charge in [-0.25, -0.2) is 4.79 Å². The first-order valence-electron chi connectivity index (χ1n) is 14.5. The average Bonchev–Trinajstić information content (AvgIpc) is 3.36. The Morgan fingerprint density at radius 3 is 2.65 bits per heavy atom. The van der Waals surface area contributed by atoms with Gasteiger partial charge in [0.05, 0.1) is 12.2 Å². The summed E-state index contributed by atoms with van der Waals surface area (Å²) in [5.41, 5.74) is -0.0825. The molecule has 1 N–H and O–H groups in total. The van der Waals surface area contributed by atoms with Gasteiger partial charge in [0.25, 0.3) is 0 Å². The number of likely N-dealkylation sites (tertiary alicyclic amines) is 2. The predicted molar refractivity (Wildman–Crippen MR) is 150 cm³/mol. The highest BCUT2D eigenvalue weighted by Crippen LogP contribution is 2.53. The van der Waals surface area contributed by atoms with Gasteiger partial charge in [0, 0.05) is 42.1 Å². The summed E-state index contributed by atoms with van der Waals surface area (Å²) >= 11 is 6.33. The number of ether oxygens (including phenoxy) is 3. The number of carbonyl (C=O) groups is 3. The highest BCUT2D eigenvalue weighted by Gasteiger charge is 2.52. The fourth-order valence-corrected chi connectivity index (χ4v) is 6.95. The maximum absolute atomic E-state index is 13.8. The van der Waals surface area contributed by atoms with E-state index in [1.54, 1.807) is 32.6 Å². The van der Waals surface area contributed by atoms with Gasteiger partial charge in [0.2, 0.25) is 11.8 Å². The van der Waals surface area contributed by atoms with Crippen molar-refractivity contribution in [1.29, 1.82) is 0 Å². The number of nitrogens with zero attached hydrogens (tertiary/aromatic N) is 2. The van der Waals surface area contributed by atoms with Crippen molar-refractivity contribution in [2.24, 2.45) is 11.8 Å². The van der Waals surface area contributed by atoms with Gasteiger partial charge >= 0.3 is 6.09 Å². The number of halogens is 1. The minimum absolute atomic E-state index is 0.0211. The third kappa shape index (κ3) is 5.77. The molecular weight excluding hydrogens is 534 g/mol. The second-order valence-electron chi connectivity index (χ2n) is 13.2. The summed E-state index contributed by atoms with van der Waals surface area (Å²) in [7, 11) is 0. The fraction of sp³-hybridized carbons (Fsp3) is 0.700. The number of amides is 3. The predicted octanol–water partition coefficient (Wildman–Crippen LogP) is 4.71. The number of nitrogens with one attached hydrogen (secondary N) is 1. The SMILES string of the molecule is CC(NC(=O)OC(C)(C)C)C(=O)N1CCC[C@H]1C(=O)N1CC[C@@H]2O[C@@H]3c4cc(Cl)ccc4OC(C)(C)[C@H]3C[C@@H]2C1. The smallest absolute Gasteiger partial charge is 0.408 e. The summed E-state index contributed by atoms with van der Waals surface area (Å²) in [6, 6.07) is 4.41. The number of fused-ring (bicyclic) bond motifs is 4. The zero-order valence-corrected chi connectivity index (χ0v) is 25.1. The molecule has 3 amide bonds. The topological polar surface area (TPSA) is 97.4 Å². The highest BCUT2D eigenvalue weighted by molar-refractivity contribution is 6.30. The van der Waals surface area contributed by atoms with Gasteiger partial charge in [-0.1, -0.05) is 11.6 Å². The Kier molecular flexibility index (Phi) is 7.76. The molecular formula is C30H42ClN3O6. The van der Waals surface area contributed by atoms with Crippen molar-refractivity contribution < 1.29 is 28.6 Å². The molecule has 40 heavy (non-hydrogen) atoms. The number of hydrogen-bond acceptors (Lipinski definition) is 6. The van der Waals surface area contributed by atoms with Gasteiger partial charge in [-0.3, -0.25) is 9.59 Å². The summed E-state index contributed by atoms with van der Waals surface area (Å²) in [6.45, 7) is 12.8. The van der Waals surface area contributed by atoms with Gasteiger partial charge in [0.15, 0.2) is 0 Å². The first-order valence-corrected chi connectivity index (χ1v) is 14.8. The Morgan fingerprint density at radius 1 is 1.18 bits per heavy atom. The standard InChI is InChI=1S/C30H42ClN3O6/c1-17(32-28(37)40-29(2,3)4)26(35)34-12-7-8-22(34)27(36)33-13-11-23-18(16-33)14-21-25(38-23)20-15-19(31)9-10-24(20)39-30(21,5)6/h9-10,15,17-18,21-23,25H,7-8,11-14,16H2,1-6H3,(H,32,37)/t17?,18-,21+,22+,23+,25-/m1/s1. The van der Waals surface area contributed by atoms with Gasteiger partial charge < -0.3 is 29.3 Å². The third-order valence-corrected chi connectivity index (χ3v) is 8.92. The molecule has 10 heteroatoms. The molecule has 0 bridgehead atoms. The molecule has 4 aliphatic rings.